The van der Waals surface area contributed by atoms with Gasteiger partial charge in [0, 0.05) is 12.6 Å². The third-order valence-corrected chi connectivity index (χ3v) is 2.19. The number of alkyl halides is 2. The third kappa shape index (κ3) is 1.21. The second-order valence-corrected chi connectivity index (χ2v) is 3.08. The van der Waals surface area contributed by atoms with Crippen molar-refractivity contribution < 1.29 is 8.78 Å². The fourth-order valence-corrected chi connectivity index (χ4v) is 1.37. The number of nitrogen functional groups attached to an aromatic ring is 1. The van der Waals surface area contributed by atoms with Crippen LogP contribution in [0.1, 0.15) is 12.0 Å². The first-order valence-corrected chi connectivity index (χ1v) is 4.09. The van der Waals surface area contributed by atoms with Crippen molar-refractivity contribution in [2.75, 3.05) is 5.73 Å². The first-order chi connectivity index (χ1) is 6.59. The quantitative estimate of drug-likeness (QED) is 0.760. The summed E-state index contributed by atoms with van der Waals surface area (Å²) in [7, 11) is 1.74. The molecule has 14 heavy (non-hydrogen) atoms. The Hall–Kier alpha value is -1.65. The van der Waals surface area contributed by atoms with Crippen molar-refractivity contribution in [3.05, 3.63) is 23.8 Å². The number of aryl methyl sites for hydroxylation is 1. The summed E-state index contributed by atoms with van der Waals surface area (Å²) in [4.78, 5) is 3.96. The van der Waals surface area contributed by atoms with Gasteiger partial charge in [-0.25, -0.2) is 13.8 Å². The van der Waals surface area contributed by atoms with Crippen LogP contribution in [-0.4, -0.2) is 9.55 Å². The highest BCUT2D eigenvalue weighted by molar-refractivity contribution is 5.78. The fourth-order valence-electron chi connectivity index (χ4n) is 1.37. The summed E-state index contributed by atoms with van der Waals surface area (Å²) in [5.41, 5.74) is 6.77. The minimum atomic E-state index is -2.47. The fraction of sp³-hybridized carbons (Fsp3) is 0.222. The number of nitrogens with two attached hydrogens (primary N) is 1. The van der Waals surface area contributed by atoms with Crippen LogP contribution in [0.4, 0.5) is 14.7 Å². The number of hydrogen-bond acceptors (Lipinski definition) is 2. The summed E-state index contributed by atoms with van der Waals surface area (Å²) >= 11 is 0. The minimum Gasteiger partial charge on any atom is -0.369 e. The van der Waals surface area contributed by atoms with Crippen molar-refractivity contribution in [1.82, 2.24) is 9.55 Å². The maximum absolute atomic E-state index is 12.3. The molecule has 2 rings (SSSR count). The Bertz CT molecular complexity index is 476. The van der Waals surface area contributed by atoms with Crippen LogP contribution in [-0.2, 0) is 7.05 Å². The van der Waals surface area contributed by atoms with E-state index in [2.05, 4.69) is 4.98 Å². The number of hydrogen-bond donors (Lipinski definition) is 1. The van der Waals surface area contributed by atoms with E-state index in [9.17, 15) is 8.78 Å². The molecule has 0 aliphatic carbocycles. The van der Waals surface area contributed by atoms with Gasteiger partial charge in [0.2, 0.25) is 5.95 Å². The van der Waals surface area contributed by atoms with E-state index in [-0.39, 0.29) is 5.56 Å². The molecular formula is C9H9F2N3. The monoisotopic (exact) mass is 197 g/mol. The smallest absolute Gasteiger partial charge is 0.263 e. The molecule has 0 unspecified atom stereocenters. The Morgan fingerprint density at radius 2 is 2.14 bits per heavy atom. The van der Waals surface area contributed by atoms with Gasteiger partial charge in [-0.2, -0.15) is 0 Å². The molecule has 0 fully saturated rings. The predicted octanol–water partition coefficient (Wildman–Crippen LogP) is 2.09. The van der Waals surface area contributed by atoms with Crippen LogP contribution < -0.4 is 5.73 Å². The van der Waals surface area contributed by atoms with Gasteiger partial charge in [0.1, 0.15) is 0 Å². The molecule has 5 heteroatoms. The standard InChI is InChI=1S/C9H9F2N3/c1-14-7-3-2-5(8(10)11)4-6(7)13-9(14)12/h2-4,8H,1H3,(H2,12,13). The topological polar surface area (TPSA) is 43.8 Å². The SMILES string of the molecule is Cn1c(N)nc2cc(C(F)F)ccc21. The van der Waals surface area contributed by atoms with Gasteiger partial charge < -0.3 is 10.3 Å². The lowest BCUT2D eigenvalue weighted by Crippen LogP contribution is -1.95. The van der Waals surface area contributed by atoms with Crippen molar-refractivity contribution >= 4 is 17.0 Å². The van der Waals surface area contributed by atoms with Crippen molar-refractivity contribution in [3.63, 3.8) is 0 Å². The number of nitrogens with zero attached hydrogens (tertiary/aromatic N) is 2. The number of benzene rings is 1. The lowest BCUT2D eigenvalue weighted by Gasteiger charge is -1.99. The van der Waals surface area contributed by atoms with Crippen LogP contribution in [0.25, 0.3) is 11.0 Å². The Morgan fingerprint density at radius 1 is 1.43 bits per heavy atom. The van der Waals surface area contributed by atoms with Crippen LogP contribution in [0.2, 0.25) is 0 Å². The zero-order valence-corrected chi connectivity index (χ0v) is 7.54. The van der Waals surface area contributed by atoms with Gasteiger partial charge >= 0.3 is 0 Å². The molecule has 3 nitrogen and oxygen atoms in total. The highest BCUT2D eigenvalue weighted by Gasteiger charge is 2.10. The molecule has 2 N–H and O–H groups in total. The van der Waals surface area contributed by atoms with Gasteiger partial charge in [-0.15, -0.1) is 0 Å². The van der Waals surface area contributed by atoms with Crippen molar-refractivity contribution in [1.29, 1.82) is 0 Å². The van der Waals surface area contributed by atoms with E-state index in [0.717, 1.165) is 5.52 Å². The number of halogens is 2. The zero-order valence-electron chi connectivity index (χ0n) is 7.54. The van der Waals surface area contributed by atoms with E-state index >= 15 is 0 Å². The summed E-state index contributed by atoms with van der Waals surface area (Å²) in [6, 6.07) is 4.34. The molecule has 0 radical (unpaired) electrons. The van der Waals surface area contributed by atoms with Crippen LogP contribution >= 0.6 is 0 Å². The first kappa shape index (κ1) is 8.93. The van der Waals surface area contributed by atoms with Crippen LogP contribution in [0.3, 0.4) is 0 Å². The molecule has 0 spiro atoms. The Morgan fingerprint density at radius 3 is 2.79 bits per heavy atom. The molecule has 74 valence electrons. The Labute approximate surface area is 79.2 Å². The summed E-state index contributed by atoms with van der Waals surface area (Å²) < 4.78 is 26.3. The highest BCUT2D eigenvalue weighted by Crippen LogP contribution is 2.24. The number of rotatable bonds is 1. The molecule has 0 bridgehead atoms. The molecule has 2 aromatic rings. The molecule has 0 aliphatic heterocycles. The molecule has 0 amide bonds. The van der Waals surface area contributed by atoms with Gasteiger partial charge in [0.15, 0.2) is 0 Å². The van der Waals surface area contributed by atoms with E-state index in [1.165, 1.54) is 12.1 Å². The lowest BCUT2D eigenvalue weighted by atomic mass is 10.2. The molecule has 0 saturated heterocycles. The maximum atomic E-state index is 12.3. The average Bonchev–Trinajstić information content (AvgIpc) is 2.42. The van der Waals surface area contributed by atoms with E-state index in [0.29, 0.717) is 11.5 Å². The normalized spacial score (nSPS) is 11.4. The highest BCUT2D eigenvalue weighted by atomic mass is 19.3. The number of fused-ring (bicyclic) bond motifs is 1. The Kier molecular flexibility index (Phi) is 1.87. The number of aromatic nitrogens is 2. The number of imidazole rings is 1. The first-order valence-electron chi connectivity index (χ1n) is 4.09. The zero-order chi connectivity index (χ0) is 10.3. The second-order valence-electron chi connectivity index (χ2n) is 3.08. The summed E-state index contributed by atoms with van der Waals surface area (Å²) in [6.07, 6.45) is -2.47. The van der Waals surface area contributed by atoms with Gasteiger partial charge in [0.05, 0.1) is 11.0 Å². The average molecular weight is 197 g/mol. The van der Waals surface area contributed by atoms with Crippen molar-refractivity contribution in [2.45, 2.75) is 6.43 Å². The van der Waals surface area contributed by atoms with E-state index in [4.69, 9.17) is 5.73 Å². The van der Waals surface area contributed by atoms with Gasteiger partial charge in [0.25, 0.3) is 6.43 Å². The van der Waals surface area contributed by atoms with Gasteiger partial charge in [-0.1, -0.05) is 6.07 Å². The molecule has 0 atom stereocenters. The van der Waals surface area contributed by atoms with Gasteiger partial charge in [-0.3, -0.25) is 0 Å². The van der Waals surface area contributed by atoms with Crippen LogP contribution in [0.5, 0.6) is 0 Å². The van der Waals surface area contributed by atoms with Crippen molar-refractivity contribution in [2.24, 2.45) is 7.05 Å². The Balaban J connectivity index is 2.67. The van der Waals surface area contributed by atoms with Crippen molar-refractivity contribution in [3.8, 4) is 0 Å². The summed E-state index contributed by atoms with van der Waals surface area (Å²) in [5, 5.41) is 0. The predicted molar refractivity (Wildman–Crippen MR) is 50.1 cm³/mol. The van der Waals surface area contributed by atoms with E-state index in [1.54, 1.807) is 17.7 Å². The number of anilines is 1. The molecule has 0 aliphatic rings. The van der Waals surface area contributed by atoms with E-state index in [1.807, 2.05) is 0 Å². The van der Waals surface area contributed by atoms with Crippen LogP contribution in [0.15, 0.2) is 18.2 Å². The molecule has 1 aromatic carbocycles. The summed E-state index contributed by atoms with van der Waals surface area (Å²) in [6.45, 7) is 0. The van der Waals surface area contributed by atoms with Crippen LogP contribution in [0, 0.1) is 0 Å². The van der Waals surface area contributed by atoms with Gasteiger partial charge in [-0.05, 0) is 12.1 Å². The molecular weight excluding hydrogens is 188 g/mol. The lowest BCUT2D eigenvalue weighted by molar-refractivity contribution is 0.151. The van der Waals surface area contributed by atoms with E-state index < -0.39 is 6.43 Å². The second kappa shape index (κ2) is 2.94. The summed E-state index contributed by atoms with van der Waals surface area (Å²) in [5.74, 6) is 0.325. The maximum Gasteiger partial charge on any atom is 0.263 e. The third-order valence-electron chi connectivity index (χ3n) is 2.19. The largest absolute Gasteiger partial charge is 0.369 e. The molecule has 0 saturated carbocycles. The molecule has 1 heterocycles. The molecule has 1 aromatic heterocycles. The minimum absolute atomic E-state index is 0.0319.